The number of hydrogen-bond acceptors (Lipinski definition) is 2. The van der Waals surface area contributed by atoms with Crippen LogP contribution < -0.4 is 10.6 Å². The van der Waals surface area contributed by atoms with E-state index in [-0.39, 0.29) is 0 Å². The van der Waals surface area contributed by atoms with Gasteiger partial charge in [-0.05, 0) is 23.8 Å². The van der Waals surface area contributed by atoms with Crippen molar-refractivity contribution in [3.8, 4) is 0 Å². The van der Waals surface area contributed by atoms with Crippen LogP contribution in [0.5, 0.6) is 0 Å². The lowest BCUT2D eigenvalue weighted by Gasteiger charge is -2.25. The van der Waals surface area contributed by atoms with E-state index in [0.29, 0.717) is 6.04 Å². The first-order chi connectivity index (χ1) is 6.75. The molecule has 0 bridgehead atoms. The van der Waals surface area contributed by atoms with Crippen LogP contribution in [-0.4, -0.2) is 19.6 Å². The summed E-state index contributed by atoms with van der Waals surface area (Å²) in [7, 11) is 0. The number of hydrogen-bond donors (Lipinski definition) is 2. The van der Waals surface area contributed by atoms with Crippen LogP contribution in [0.1, 0.15) is 11.6 Å². The van der Waals surface area contributed by atoms with Gasteiger partial charge in [0.25, 0.3) is 0 Å². The van der Waals surface area contributed by atoms with Gasteiger partial charge in [0.05, 0.1) is 0 Å². The van der Waals surface area contributed by atoms with Crippen molar-refractivity contribution in [2.45, 2.75) is 6.04 Å². The van der Waals surface area contributed by atoms with Crippen molar-refractivity contribution in [1.82, 2.24) is 10.6 Å². The van der Waals surface area contributed by atoms with Gasteiger partial charge in [-0.25, -0.2) is 0 Å². The lowest BCUT2D eigenvalue weighted by atomic mass is 10.1. The lowest BCUT2D eigenvalue weighted by molar-refractivity contribution is 0.430. The summed E-state index contributed by atoms with van der Waals surface area (Å²) in [6, 6.07) is 6.40. The van der Waals surface area contributed by atoms with Crippen molar-refractivity contribution in [1.29, 1.82) is 0 Å². The smallest absolute Gasteiger partial charge is 0.0448 e. The fraction of sp³-hybridized carbons (Fsp3) is 0.400. The van der Waals surface area contributed by atoms with Crippen LogP contribution in [0.3, 0.4) is 0 Å². The Kier molecular flexibility index (Phi) is 3.44. The van der Waals surface area contributed by atoms with E-state index in [4.69, 9.17) is 11.6 Å². The highest BCUT2D eigenvalue weighted by Gasteiger charge is 2.14. The first-order valence-electron chi connectivity index (χ1n) is 4.66. The average Bonchev–Trinajstić information content (AvgIpc) is 2.18. The molecule has 0 aliphatic carbocycles. The monoisotopic (exact) mass is 274 g/mol. The zero-order valence-corrected chi connectivity index (χ0v) is 10.0. The van der Waals surface area contributed by atoms with Crippen molar-refractivity contribution in [2.75, 3.05) is 19.6 Å². The van der Waals surface area contributed by atoms with Gasteiger partial charge in [-0.3, -0.25) is 0 Å². The van der Waals surface area contributed by atoms with E-state index in [1.54, 1.807) is 0 Å². The van der Waals surface area contributed by atoms with Gasteiger partial charge in [-0.15, -0.1) is 0 Å². The average molecular weight is 276 g/mol. The number of rotatable bonds is 1. The molecule has 2 N–H and O–H groups in total. The van der Waals surface area contributed by atoms with Gasteiger partial charge in [-0.2, -0.15) is 0 Å². The molecule has 1 aromatic carbocycles. The van der Waals surface area contributed by atoms with Crippen molar-refractivity contribution in [3.63, 3.8) is 0 Å². The molecular formula is C10H12BrClN2. The Labute approximate surface area is 97.2 Å². The summed E-state index contributed by atoms with van der Waals surface area (Å²) in [6.45, 7) is 3.01. The van der Waals surface area contributed by atoms with Crippen LogP contribution in [0.2, 0.25) is 5.02 Å². The van der Waals surface area contributed by atoms with Crippen LogP contribution in [-0.2, 0) is 0 Å². The van der Waals surface area contributed by atoms with Crippen LogP contribution in [0, 0.1) is 0 Å². The summed E-state index contributed by atoms with van der Waals surface area (Å²) in [5.41, 5.74) is 1.23. The summed E-state index contributed by atoms with van der Waals surface area (Å²) < 4.78 is 1.03. The summed E-state index contributed by atoms with van der Waals surface area (Å²) in [5, 5.41) is 7.58. The lowest BCUT2D eigenvalue weighted by Crippen LogP contribution is -2.42. The van der Waals surface area contributed by atoms with Crippen LogP contribution >= 0.6 is 27.5 Å². The third kappa shape index (κ3) is 2.48. The van der Waals surface area contributed by atoms with E-state index in [0.717, 1.165) is 29.1 Å². The predicted octanol–water partition coefficient (Wildman–Crippen LogP) is 2.34. The Morgan fingerprint density at radius 1 is 1.29 bits per heavy atom. The van der Waals surface area contributed by atoms with Gasteiger partial charge in [0.15, 0.2) is 0 Å². The molecule has 0 unspecified atom stereocenters. The van der Waals surface area contributed by atoms with Gasteiger partial charge < -0.3 is 10.6 Å². The Morgan fingerprint density at radius 2 is 2.14 bits per heavy atom. The highest BCUT2D eigenvalue weighted by Crippen LogP contribution is 2.24. The van der Waals surface area contributed by atoms with Crippen LogP contribution in [0.15, 0.2) is 22.7 Å². The molecule has 14 heavy (non-hydrogen) atoms. The highest BCUT2D eigenvalue weighted by molar-refractivity contribution is 9.10. The Balaban J connectivity index is 2.21. The predicted molar refractivity (Wildman–Crippen MR) is 62.8 cm³/mol. The minimum absolute atomic E-state index is 0.374. The van der Waals surface area contributed by atoms with Crippen molar-refractivity contribution in [2.24, 2.45) is 0 Å². The molecule has 1 saturated heterocycles. The van der Waals surface area contributed by atoms with Crippen LogP contribution in [0.25, 0.3) is 0 Å². The molecule has 1 aliphatic rings. The van der Waals surface area contributed by atoms with Gasteiger partial charge in [0, 0.05) is 35.2 Å². The first kappa shape index (κ1) is 10.4. The maximum Gasteiger partial charge on any atom is 0.0448 e. The quantitative estimate of drug-likeness (QED) is 0.822. The van der Waals surface area contributed by atoms with Gasteiger partial charge in [0.2, 0.25) is 0 Å². The molecule has 1 fully saturated rings. The van der Waals surface area contributed by atoms with E-state index in [9.17, 15) is 0 Å². The van der Waals surface area contributed by atoms with E-state index >= 15 is 0 Å². The van der Waals surface area contributed by atoms with Crippen LogP contribution in [0.4, 0.5) is 0 Å². The van der Waals surface area contributed by atoms with Gasteiger partial charge in [-0.1, -0.05) is 27.5 Å². The Hall–Kier alpha value is -0.0900. The highest BCUT2D eigenvalue weighted by atomic mass is 79.9. The zero-order chi connectivity index (χ0) is 9.97. The number of benzene rings is 1. The maximum atomic E-state index is 5.99. The Morgan fingerprint density at radius 3 is 2.79 bits per heavy atom. The largest absolute Gasteiger partial charge is 0.314 e. The molecule has 0 saturated carbocycles. The van der Waals surface area contributed by atoms with E-state index < -0.39 is 0 Å². The van der Waals surface area contributed by atoms with E-state index in [2.05, 4.69) is 32.6 Å². The first-order valence-corrected chi connectivity index (χ1v) is 5.83. The summed E-state index contributed by atoms with van der Waals surface area (Å²) >= 11 is 9.44. The molecule has 0 aromatic heterocycles. The fourth-order valence-electron chi connectivity index (χ4n) is 1.67. The standard InChI is InChI=1S/C10H12BrClN2/c11-8-3-7(4-9(12)5-8)10-6-13-1-2-14-10/h3-5,10,13-14H,1-2,6H2/t10-/m0/s1. The van der Waals surface area contributed by atoms with Gasteiger partial charge >= 0.3 is 0 Å². The summed E-state index contributed by atoms with van der Waals surface area (Å²) in [6.07, 6.45) is 0. The topological polar surface area (TPSA) is 24.1 Å². The van der Waals surface area contributed by atoms with Crippen molar-refractivity contribution < 1.29 is 0 Å². The molecule has 1 heterocycles. The molecule has 2 nitrogen and oxygen atoms in total. The Bertz CT molecular complexity index is 304. The molecule has 0 radical (unpaired) electrons. The molecule has 0 amide bonds. The number of piperazine rings is 1. The maximum absolute atomic E-state index is 5.99. The van der Waals surface area contributed by atoms with Crippen molar-refractivity contribution >= 4 is 27.5 Å². The molecule has 2 rings (SSSR count). The fourth-order valence-corrected chi connectivity index (χ4v) is 2.55. The van der Waals surface area contributed by atoms with Gasteiger partial charge in [0.1, 0.15) is 0 Å². The molecular weight excluding hydrogens is 263 g/mol. The number of nitrogens with one attached hydrogen (secondary N) is 2. The third-order valence-corrected chi connectivity index (χ3v) is 3.00. The molecule has 0 spiro atoms. The molecule has 1 atom stereocenters. The summed E-state index contributed by atoms with van der Waals surface area (Å²) in [4.78, 5) is 0. The molecule has 1 aromatic rings. The third-order valence-electron chi connectivity index (χ3n) is 2.33. The molecule has 1 aliphatic heterocycles. The molecule has 4 heteroatoms. The minimum atomic E-state index is 0.374. The summed E-state index contributed by atoms with van der Waals surface area (Å²) in [5.74, 6) is 0. The SMILES string of the molecule is Clc1cc(Br)cc([C@@H]2CNCCN2)c1. The van der Waals surface area contributed by atoms with Crippen molar-refractivity contribution in [3.05, 3.63) is 33.3 Å². The number of halogens is 2. The van der Waals surface area contributed by atoms with E-state index in [1.165, 1.54) is 5.56 Å². The molecule has 76 valence electrons. The second kappa shape index (κ2) is 4.62. The zero-order valence-electron chi connectivity index (χ0n) is 7.69. The second-order valence-corrected chi connectivity index (χ2v) is 4.77. The normalized spacial score (nSPS) is 22.3. The van der Waals surface area contributed by atoms with E-state index in [1.807, 2.05) is 12.1 Å². The second-order valence-electron chi connectivity index (χ2n) is 3.41. The minimum Gasteiger partial charge on any atom is -0.314 e.